The van der Waals surface area contributed by atoms with Crippen LogP contribution in [0.1, 0.15) is 0 Å². The van der Waals surface area contributed by atoms with E-state index in [0.717, 1.165) is 66.5 Å². The molecular formula is C57H34N4OS. The second-order valence-corrected chi connectivity index (χ2v) is 17.0. The van der Waals surface area contributed by atoms with Crippen LogP contribution < -0.4 is 0 Å². The molecule has 0 spiro atoms. The molecule has 0 radical (unpaired) electrons. The molecule has 4 heterocycles. The Morgan fingerprint density at radius 2 is 0.937 bits per heavy atom. The van der Waals surface area contributed by atoms with E-state index in [9.17, 15) is 0 Å². The molecule has 6 heteroatoms. The molecule has 0 aliphatic rings. The van der Waals surface area contributed by atoms with Crippen molar-refractivity contribution in [3.8, 4) is 62.1 Å². The number of furan rings is 1. The van der Waals surface area contributed by atoms with E-state index in [1.54, 1.807) is 11.3 Å². The lowest BCUT2D eigenvalue weighted by molar-refractivity contribution is 0.666. The highest BCUT2D eigenvalue weighted by atomic mass is 32.1. The molecule has 63 heavy (non-hydrogen) atoms. The normalized spacial score (nSPS) is 11.8. The quantitative estimate of drug-likeness (QED) is 0.168. The maximum atomic E-state index is 6.88. The Balaban J connectivity index is 1.01. The van der Waals surface area contributed by atoms with E-state index in [4.69, 9.17) is 19.4 Å². The minimum Gasteiger partial charge on any atom is -0.454 e. The highest BCUT2D eigenvalue weighted by molar-refractivity contribution is 7.26. The molecule has 0 unspecified atom stereocenters. The number of para-hydroxylation sites is 3. The smallest absolute Gasteiger partial charge is 0.164 e. The van der Waals surface area contributed by atoms with Crippen molar-refractivity contribution in [2.45, 2.75) is 0 Å². The van der Waals surface area contributed by atoms with Crippen molar-refractivity contribution in [2.75, 3.05) is 0 Å². The first kappa shape index (κ1) is 35.6. The third kappa shape index (κ3) is 5.73. The van der Waals surface area contributed by atoms with Crippen LogP contribution in [-0.4, -0.2) is 19.5 Å². The van der Waals surface area contributed by atoms with Crippen molar-refractivity contribution in [1.82, 2.24) is 19.5 Å². The monoisotopic (exact) mass is 822 g/mol. The van der Waals surface area contributed by atoms with Crippen LogP contribution in [0.15, 0.2) is 211 Å². The average Bonchev–Trinajstić information content (AvgIpc) is 4.04. The Kier molecular flexibility index (Phi) is 8.01. The Bertz CT molecular complexity index is 3850. The van der Waals surface area contributed by atoms with Crippen LogP contribution in [0.25, 0.3) is 126 Å². The Morgan fingerprint density at radius 1 is 0.365 bits per heavy atom. The van der Waals surface area contributed by atoms with Crippen molar-refractivity contribution in [3.05, 3.63) is 206 Å². The van der Waals surface area contributed by atoms with E-state index in [2.05, 4.69) is 193 Å². The third-order valence-corrected chi connectivity index (χ3v) is 13.4. The van der Waals surface area contributed by atoms with Crippen LogP contribution in [-0.2, 0) is 0 Å². The molecule has 0 bridgehead atoms. The van der Waals surface area contributed by atoms with Crippen molar-refractivity contribution in [1.29, 1.82) is 0 Å². The van der Waals surface area contributed by atoms with Gasteiger partial charge in [0.25, 0.3) is 0 Å². The number of benzene rings is 9. The number of thiophene rings is 1. The number of nitrogens with zero attached hydrogens (tertiary/aromatic N) is 4. The number of fused-ring (bicyclic) bond motifs is 9. The van der Waals surface area contributed by atoms with Crippen LogP contribution >= 0.6 is 11.3 Å². The van der Waals surface area contributed by atoms with Crippen molar-refractivity contribution >= 4 is 75.3 Å². The summed E-state index contributed by atoms with van der Waals surface area (Å²) in [7, 11) is 0. The van der Waals surface area contributed by atoms with E-state index in [-0.39, 0.29) is 0 Å². The van der Waals surface area contributed by atoms with Gasteiger partial charge in [0.2, 0.25) is 0 Å². The summed E-state index contributed by atoms with van der Waals surface area (Å²) in [6.07, 6.45) is 0. The van der Waals surface area contributed by atoms with Gasteiger partial charge in [0.1, 0.15) is 5.58 Å². The molecule has 294 valence electrons. The standard InChI is InChI=1S/C57H34N4OS/c1-3-14-35(15-4-1)36-28-30-38(31-29-36)55-58-56(39-32-33-43-51(34-39)63-50-27-13-20-40(53(43)50)37-16-5-2-6-17-37)60-57(59-55)45-22-12-26-49-52(45)44-21-11-25-48(54(44)62-49)61-46-23-9-7-18-41(46)42-19-8-10-24-47(42)61/h1-34H. The van der Waals surface area contributed by atoms with Crippen LogP contribution in [0.5, 0.6) is 0 Å². The molecule has 4 aromatic heterocycles. The Morgan fingerprint density at radius 3 is 1.70 bits per heavy atom. The van der Waals surface area contributed by atoms with Gasteiger partial charge in [0.05, 0.1) is 16.7 Å². The lowest BCUT2D eigenvalue weighted by Gasteiger charge is -2.10. The zero-order chi connectivity index (χ0) is 41.4. The number of hydrogen-bond donors (Lipinski definition) is 0. The van der Waals surface area contributed by atoms with E-state index in [1.165, 1.54) is 42.1 Å². The summed E-state index contributed by atoms with van der Waals surface area (Å²) < 4.78 is 11.6. The van der Waals surface area contributed by atoms with Crippen LogP contribution in [0.2, 0.25) is 0 Å². The summed E-state index contributed by atoms with van der Waals surface area (Å²) in [4.78, 5) is 15.8. The molecule has 0 fully saturated rings. The first-order chi connectivity index (χ1) is 31.2. The third-order valence-electron chi connectivity index (χ3n) is 12.3. The minimum absolute atomic E-state index is 0.584. The molecule has 0 atom stereocenters. The van der Waals surface area contributed by atoms with Gasteiger partial charge in [-0.25, -0.2) is 15.0 Å². The second-order valence-electron chi connectivity index (χ2n) is 15.9. The molecule has 13 aromatic rings. The Labute approximate surface area is 365 Å². The molecule has 9 aromatic carbocycles. The van der Waals surface area contributed by atoms with Gasteiger partial charge in [0.15, 0.2) is 23.1 Å². The molecule has 5 nitrogen and oxygen atoms in total. The summed E-state index contributed by atoms with van der Waals surface area (Å²) in [6, 6.07) is 72.5. The zero-order valence-corrected chi connectivity index (χ0v) is 34.6. The first-order valence-electron chi connectivity index (χ1n) is 21.1. The van der Waals surface area contributed by atoms with Crippen LogP contribution in [0, 0.1) is 0 Å². The average molecular weight is 823 g/mol. The molecule has 0 aliphatic heterocycles. The fourth-order valence-electron chi connectivity index (χ4n) is 9.40. The van der Waals surface area contributed by atoms with Gasteiger partial charge in [-0.15, -0.1) is 11.3 Å². The van der Waals surface area contributed by atoms with E-state index in [0.29, 0.717) is 17.5 Å². The van der Waals surface area contributed by atoms with Gasteiger partial charge in [-0.2, -0.15) is 0 Å². The lowest BCUT2D eigenvalue weighted by atomic mass is 9.99. The van der Waals surface area contributed by atoms with Crippen LogP contribution in [0.4, 0.5) is 0 Å². The van der Waals surface area contributed by atoms with Crippen molar-refractivity contribution in [3.63, 3.8) is 0 Å². The van der Waals surface area contributed by atoms with Gasteiger partial charge < -0.3 is 8.98 Å². The molecule has 0 saturated carbocycles. The molecule has 0 aliphatic carbocycles. The summed E-state index contributed by atoms with van der Waals surface area (Å²) in [5.74, 6) is 1.80. The van der Waals surface area contributed by atoms with Gasteiger partial charge in [-0.1, -0.05) is 170 Å². The zero-order valence-electron chi connectivity index (χ0n) is 33.7. The molecule has 0 amide bonds. The fraction of sp³-hybridized carbons (Fsp3) is 0. The van der Waals surface area contributed by atoms with E-state index < -0.39 is 0 Å². The number of hydrogen-bond acceptors (Lipinski definition) is 5. The maximum Gasteiger partial charge on any atom is 0.164 e. The SMILES string of the molecule is c1ccc(-c2ccc(-c3nc(-c4ccc5c(c4)sc4cccc(-c6ccccc6)c45)nc(-c4cccc5oc6c(-n7c8ccccc8c8ccccc87)cccc6c45)n3)cc2)cc1. The highest BCUT2D eigenvalue weighted by Gasteiger charge is 2.22. The number of aromatic nitrogens is 4. The summed E-state index contributed by atoms with van der Waals surface area (Å²) >= 11 is 1.80. The van der Waals surface area contributed by atoms with Crippen LogP contribution in [0.3, 0.4) is 0 Å². The summed E-state index contributed by atoms with van der Waals surface area (Å²) in [5.41, 5.74) is 12.3. The first-order valence-corrected chi connectivity index (χ1v) is 21.9. The van der Waals surface area contributed by atoms with Gasteiger partial charge >= 0.3 is 0 Å². The van der Waals surface area contributed by atoms with E-state index >= 15 is 0 Å². The molecule has 0 N–H and O–H groups in total. The van der Waals surface area contributed by atoms with E-state index in [1.807, 2.05) is 18.2 Å². The topological polar surface area (TPSA) is 56.7 Å². The van der Waals surface area contributed by atoms with Gasteiger partial charge in [0, 0.05) is 58.4 Å². The summed E-state index contributed by atoms with van der Waals surface area (Å²) in [5, 5.41) is 6.86. The molecule has 13 rings (SSSR count). The van der Waals surface area contributed by atoms with Crippen molar-refractivity contribution in [2.24, 2.45) is 0 Å². The van der Waals surface area contributed by atoms with Gasteiger partial charge in [-0.3, -0.25) is 0 Å². The number of rotatable bonds is 6. The predicted octanol–water partition coefficient (Wildman–Crippen LogP) is 15.6. The summed E-state index contributed by atoms with van der Waals surface area (Å²) in [6.45, 7) is 0. The second kappa shape index (κ2) is 14.2. The largest absolute Gasteiger partial charge is 0.454 e. The highest BCUT2D eigenvalue weighted by Crippen LogP contribution is 2.43. The molecular weight excluding hydrogens is 789 g/mol. The molecule has 0 saturated heterocycles. The Hall–Kier alpha value is -8.19. The predicted molar refractivity (Wildman–Crippen MR) is 262 cm³/mol. The lowest BCUT2D eigenvalue weighted by Crippen LogP contribution is -2.00. The maximum absolute atomic E-state index is 6.88. The minimum atomic E-state index is 0.584. The van der Waals surface area contributed by atoms with Crippen molar-refractivity contribution < 1.29 is 4.42 Å². The van der Waals surface area contributed by atoms with Gasteiger partial charge in [-0.05, 0) is 58.7 Å². The fourth-order valence-corrected chi connectivity index (χ4v) is 10.6.